The number of phosphoric ester groups is 1. The molecule has 10 heteroatoms. The maximum Gasteiger partial charge on any atom is 0.306 e. The van der Waals surface area contributed by atoms with Gasteiger partial charge in [-0.15, -0.1) is 0 Å². The van der Waals surface area contributed by atoms with Gasteiger partial charge in [-0.2, -0.15) is 0 Å². The van der Waals surface area contributed by atoms with Gasteiger partial charge < -0.3 is 27.9 Å². The first kappa shape index (κ1) is 55.8. The van der Waals surface area contributed by atoms with Gasteiger partial charge in [0.15, 0.2) is 6.10 Å². The topological polar surface area (TPSA) is 111 Å². The Morgan fingerprint density at radius 1 is 0.526 bits per heavy atom. The molecule has 9 nitrogen and oxygen atoms in total. The summed E-state index contributed by atoms with van der Waals surface area (Å²) in [4.78, 5) is 37.6. The molecule has 2 atom stereocenters. The number of rotatable bonds is 44. The standard InChI is InChI=1S/C47H92NO8P/c1-6-8-10-12-14-16-18-20-22-23-24-25-26-28-30-32-34-36-38-40-47(50)56-45(44-55-57(51,52)54-42-41-48(3,4)5)43-53-46(49)39-37-35-33-31-29-27-21-19-17-15-13-11-9-7-2/h20,22,45H,6-19,21,23-44H2,1-5H3/b22-20-. The highest BCUT2D eigenvalue weighted by Gasteiger charge is 2.21. The lowest BCUT2D eigenvalue weighted by molar-refractivity contribution is -0.870. The van der Waals surface area contributed by atoms with Gasteiger partial charge in [-0.3, -0.25) is 14.2 Å². The summed E-state index contributed by atoms with van der Waals surface area (Å²) < 4.78 is 34.0. The van der Waals surface area contributed by atoms with Crippen LogP contribution >= 0.6 is 7.82 Å². The number of likely N-dealkylation sites (N-methyl/N-ethyl adjacent to an activating group) is 1. The summed E-state index contributed by atoms with van der Waals surface area (Å²) >= 11 is 0. The summed E-state index contributed by atoms with van der Waals surface area (Å²) in [6.07, 6.45) is 42.3. The third kappa shape index (κ3) is 44.1. The molecule has 0 aliphatic carbocycles. The van der Waals surface area contributed by atoms with E-state index in [2.05, 4.69) is 26.0 Å². The zero-order valence-corrected chi connectivity index (χ0v) is 38.9. The Hall–Kier alpha value is -1.25. The van der Waals surface area contributed by atoms with Gasteiger partial charge in [-0.05, 0) is 38.5 Å². The summed E-state index contributed by atoms with van der Waals surface area (Å²) in [6.45, 7) is 4.25. The van der Waals surface area contributed by atoms with Gasteiger partial charge in [0, 0.05) is 12.8 Å². The molecule has 0 aromatic heterocycles. The van der Waals surface area contributed by atoms with Crippen LogP contribution in [-0.4, -0.2) is 70.0 Å². The number of phosphoric acid groups is 1. The average Bonchev–Trinajstić information content (AvgIpc) is 3.16. The number of hydrogen-bond acceptors (Lipinski definition) is 8. The maximum atomic E-state index is 12.7. The highest BCUT2D eigenvalue weighted by Crippen LogP contribution is 2.38. The number of allylic oxidation sites excluding steroid dienone is 2. The molecule has 0 N–H and O–H groups in total. The third-order valence-corrected chi connectivity index (χ3v) is 11.5. The summed E-state index contributed by atoms with van der Waals surface area (Å²) in [7, 11) is 1.18. The molecule has 0 amide bonds. The van der Waals surface area contributed by atoms with Crippen molar-refractivity contribution in [2.24, 2.45) is 0 Å². The monoisotopic (exact) mass is 830 g/mol. The van der Waals surface area contributed by atoms with E-state index < -0.39 is 26.5 Å². The van der Waals surface area contributed by atoms with E-state index in [4.69, 9.17) is 18.5 Å². The number of esters is 2. The third-order valence-electron chi connectivity index (χ3n) is 10.5. The SMILES string of the molecule is CCCCCCCC/C=C\CCCCCCCCCCCC(=O)OC(COC(=O)CCCCCCCCCCCCCCCC)COP(=O)([O-])OCC[N+](C)(C)C. The molecular formula is C47H92NO8P. The van der Waals surface area contributed by atoms with Crippen molar-refractivity contribution in [1.29, 1.82) is 0 Å². The average molecular weight is 830 g/mol. The second-order valence-electron chi connectivity index (χ2n) is 17.5. The largest absolute Gasteiger partial charge is 0.756 e. The van der Waals surface area contributed by atoms with Crippen molar-refractivity contribution in [2.45, 2.75) is 232 Å². The molecular weight excluding hydrogens is 737 g/mol. The first-order valence-electron chi connectivity index (χ1n) is 23.9. The van der Waals surface area contributed by atoms with Gasteiger partial charge in [-0.1, -0.05) is 187 Å². The van der Waals surface area contributed by atoms with Gasteiger partial charge in [-0.25, -0.2) is 0 Å². The van der Waals surface area contributed by atoms with E-state index in [0.29, 0.717) is 17.4 Å². The minimum absolute atomic E-state index is 0.0279. The molecule has 0 aliphatic rings. The smallest absolute Gasteiger partial charge is 0.306 e. The number of ether oxygens (including phenoxy) is 2. The van der Waals surface area contributed by atoms with E-state index in [1.807, 2.05) is 21.1 Å². The first-order valence-corrected chi connectivity index (χ1v) is 25.4. The number of carbonyl (C=O) groups excluding carboxylic acids is 2. The van der Waals surface area contributed by atoms with Crippen molar-refractivity contribution in [1.82, 2.24) is 0 Å². The highest BCUT2D eigenvalue weighted by atomic mass is 31.2. The fourth-order valence-corrected chi connectivity index (χ4v) is 7.50. The Labute approximate surface area is 352 Å². The van der Waals surface area contributed by atoms with Gasteiger partial charge >= 0.3 is 11.9 Å². The van der Waals surface area contributed by atoms with Crippen LogP contribution in [0.1, 0.15) is 226 Å². The van der Waals surface area contributed by atoms with Crippen molar-refractivity contribution in [2.75, 3.05) is 47.5 Å². The van der Waals surface area contributed by atoms with Crippen LogP contribution < -0.4 is 4.89 Å². The number of quaternary nitrogens is 1. The van der Waals surface area contributed by atoms with E-state index >= 15 is 0 Å². The lowest BCUT2D eigenvalue weighted by Gasteiger charge is -2.28. The van der Waals surface area contributed by atoms with Gasteiger partial charge in [0.25, 0.3) is 7.82 Å². The van der Waals surface area contributed by atoms with Crippen LogP contribution in [0.15, 0.2) is 12.2 Å². The molecule has 0 rings (SSSR count). The molecule has 0 saturated carbocycles. The predicted molar refractivity (Wildman–Crippen MR) is 236 cm³/mol. The molecule has 0 spiro atoms. The number of carbonyl (C=O) groups is 2. The van der Waals surface area contributed by atoms with Crippen molar-refractivity contribution in [3.63, 3.8) is 0 Å². The zero-order valence-electron chi connectivity index (χ0n) is 38.1. The van der Waals surface area contributed by atoms with E-state index in [1.165, 1.54) is 154 Å². The molecule has 338 valence electrons. The van der Waals surface area contributed by atoms with Crippen LogP contribution in [0.4, 0.5) is 0 Å². The fraction of sp³-hybridized carbons (Fsp3) is 0.915. The Balaban J connectivity index is 4.27. The van der Waals surface area contributed by atoms with Crippen molar-refractivity contribution < 1.29 is 42.1 Å². The minimum Gasteiger partial charge on any atom is -0.756 e. The van der Waals surface area contributed by atoms with E-state index in [0.717, 1.165) is 38.5 Å². The molecule has 0 aliphatic heterocycles. The van der Waals surface area contributed by atoms with Crippen LogP contribution in [0.5, 0.6) is 0 Å². The van der Waals surface area contributed by atoms with Crippen LogP contribution in [0.25, 0.3) is 0 Å². The lowest BCUT2D eigenvalue weighted by Crippen LogP contribution is -2.37. The Morgan fingerprint density at radius 3 is 1.30 bits per heavy atom. The molecule has 2 unspecified atom stereocenters. The van der Waals surface area contributed by atoms with Crippen LogP contribution in [0.2, 0.25) is 0 Å². The van der Waals surface area contributed by atoms with E-state index in [1.54, 1.807) is 0 Å². The second kappa shape index (κ2) is 40.2. The molecule has 0 aromatic carbocycles. The minimum atomic E-state index is -4.62. The van der Waals surface area contributed by atoms with Crippen molar-refractivity contribution in [3.05, 3.63) is 12.2 Å². The van der Waals surface area contributed by atoms with Crippen LogP contribution in [-0.2, 0) is 32.7 Å². The molecule has 0 fully saturated rings. The van der Waals surface area contributed by atoms with Gasteiger partial charge in [0.1, 0.15) is 19.8 Å². The van der Waals surface area contributed by atoms with Crippen LogP contribution in [0, 0.1) is 0 Å². The van der Waals surface area contributed by atoms with Crippen molar-refractivity contribution in [3.8, 4) is 0 Å². The second-order valence-corrected chi connectivity index (χ2v) is 18.9. The fourth-order valence-electron chi connectivity index (χ4n) is 6.77. The molecule has 0 radical (unpaired) electrons. The van der Waals surface area contributed by atoms with Crippen molar-refractivity contribution >= 4 is 19.8 Å². The Morgan fingerprint density at radius 2 is 0.895 bits per heavy atom. The molecule has 0 bridgehead atoms. The van der Waals surface area contributed by atoms with Crippen LogP contribution in [0.3, 0.4) is 0 Å². The Kier molecular flexibility index (Phi) is 39.3. The number of nitrogens with zero attached hydrogens (tertiary/aromatic N) is 1. The van der Waals surface area contributed by atoms with Gasteiger partial charge in [0.2, 0.25) is 0 Å². The summed E-state index contributed by atoms with van der Waals surface area (Å²) in [6, 6.07) is 0. The summed E-state index contributed by atoms with van der Waals surface area (Å²) in [5.41, 5.74) is 0. The summed E-state index contributed by atoms with van der Waals surface area (Å²) in [5.74, 6) is -0.825. The first-order chi connectivity index (χ1) is 27.5. The number of hydrogen-bond donors (Lipinski definition) is 0. The molecule has 0 aromatic rings. The van der Waals surface area contributed by atoms with Gasteiger partial charge in [0.05, 0.1) is 27.7 Å². The maximum absolute atomic E-state index is 12.7. The molecule has 57 heavy (non-hydrogen) atoms. The van der Waals surface area contributed by atoms with E-state index in [-0.39, 0.29) is 32.0 Å². The van der Waals surface area contributed by atoms with E-state index in [9.17, 15) is 19.0 Å². The zero-order chi connectivity index (χ0) is 42.1. The Bertz CT molecular complexity index is 985. The number of unbranched alkanes of at least 4 members (excludes halogenated alkanes) is 28. The molecule has 0 saturated heterocycles. The highest BCUT2D eigenvalue weighted by molar-refractivity contribution is 7.45. The predicted octanol–water partition coefficient (Wildman–Crippen LogP) is 13.1. The molecule has 0 heterocycles. The summed E-state index contributed by atoms with van der Waals surface area (Å²) in [5, 5.41) is 0. The normalized spacial score (nSPS) is 13.6. The lowest BCUT2D eigenvalue weighted by atomic mass is 10.0. The quantitative estimate of drug-likeness (QED) is 0.0196.